The first-order chi connectivity index (χ1) is 10.7. The van der Waals surface area contributed by atoms with Gasteiger partial charge in [-0.2, -0.15) is 0 Å². The number of nitrogens with zero attached hydrogens (tertiary/aromatic N) is 1. The van der Waals surface area contributed by atoms with Gasteiger partial charge in [0.1, 0.15) is 11.5 Å². The minimum atomic E-state index is 0.182. The van der Waals surface area contributed by atoms with Crippen LogP contribution in [-0.2, 0) is 4.74 Å². The summed E-state index contributed by atoms with van der Waals surface area (Å²) in [5.41, 5.74) is 9.23. The van der Waals surface area contributed by atoms with Gasteiger partial charge < -0.3 is 15.6 Å². The zero-order valence-electron chi connectivity index (χ0n) is 12.9. The van der Waals surface area contributed by atoms with Crippen molar-refractivity contribution >= 4 is 11.3 Å². The van der Waals surface area contributed by atoms with E-state index < -0.39 is 0 Å². The lowest BCUT2D eigenvalue weighted by Crippen LogP contribution is -2.14. The number of ether oxygens (including phenoxy) is 1. The Bertz CT molecular complexity index is 659. The van der Waals surface area contributed by atoms with Gasteiger partial charge in [0, 0.05) is 35.4 Å². The highest BCUT2D eigenvalue weighted by molar-refractivity contribution is 6.05. The number of nitrogens with two attached hydrogens (primary N) is 1. The van der Waals surface area contributed by atoms with Crippen molar-refractivity contribution in [1.29, 1.82) is 0 Å². The summed E-state index contributed by atoms with van der Waals surface area (Å²) in [5.74, 6) is 1.21. The molecule has 116 valence electrons. The topological polar surface area (TPSA) is 67.8 Å². The number of hydrogen-bond acceptors (Lipinski definition) is 4. The SMILES string of the molecule is COC1=C(c2cccc(C3=NC(CN)CC3)c2O)C=CCC1. The second-order valence-electron chi connectivity index (χ2n) is 5.69. The zero-order valence-corrected chi connectivity index (χ0v) is 12.9. The third-order valence-corrected chi connectivity index (χ3v) is 4.33. The molecule has 3 rings (SSSR count). The van der Waals surface area contributed by atoms with Crippen molar-refractivity contribution in [3.05, 3.63) is 47.2 Å². The summed E-state index contributed by atoms with van der Waals surface area (Å²) >= 11 is 0. The minimum Gasteiger partial charge on any atom is -0.507 e. The molecule has 0 saturated heterocycles. The molecular formula is C18H22N2O2. The molecule has 0 aromatic heterocycles. The number of aromatic hydroxyl groups is 1. The van der Waals surface area contributed by atoms with E-state index in [9.17, 15) is 5.11 Å². The monoisotopic (exact) mass is 298 g/mol. The summed E-state index contributed by atoms with van der Waals surface area (Å²) < 4.78 is 5.48. The summed E-state index contributed by atoms with van der Waals surface area (Å²) in [6.07, 6.45) is 7.80. The Labute approximate surface area is 131 Å². The summed E-state index contributed by atoms with van der Waals surface area (Å²) in [6, 6.07) is 6.00. The maximum absolute atomic E-state index is 10.7. The van der Waals surface area contributed by atoms with Crippen molar-refractivity contribution < 1.29 is 9.84 Å². The van der Waals surface area contributed by atoms with Crippen LogP contribution in [0.25, 0.3) is 5.57 Å². The van der Waals surface area contributed by atoms with Gasteiger partial charge in [-0.25, -0.2) is 0 Å². The van der Waals surface area contributed by atoms with E-state index in [4.69, 9.17) is 10.5 Å². The van der Waals surface area contributed by atoms with Gasteiger partial charge in [0.2, 0.25) is 0 Å². The number of phenols is 1. The maximum Gasteiger partial charge on any atom is 0.132 e. The second kappa shape index (κ2) is 6.36. The summed E-state index contributed by atoms with van der Waals surface area (Å²) in [5, 5.41) is 10.7. The molecule has 22 heavy (non-hydrogen) atoms. The number of phenolic OH excluding ortho intramolecular Hbond substituents is 1. The van der Waals surface area contributed by atoms with Crippen molar-refractivity contribution in [2.45, 2.75) is 31.7 Å². The molecule has 2 aliphatic rings. The highest BCUT2D eigenvalue weighted by atomic mass is 16.5. The van der Waals surface area contributed by atoms with E-state index in [1.54, 1.807) is 7.11 Å². The lowest BCUT2D eigenvalue weighted by atomic mass is 9.94. The normalized spacial score (nSPS) is 21.2. The number of para-hydroxylation sites is 1. The molecule has 1 aliphatic heterocycles. The van der Waals surface area contributed by atoms with E-state index in [-0.39, 0.29) is 11.8 Å². The third kappa shape index (κ3) is 2.66. The molecule has 4 nitrogen and oxygen atoms in total. The van der Waals surface area contributed by atoms with Gasteiger partial charge in [0.15, 0.2) is 0 Å². The van der Waals surface area contributed by atoms with E-state index in [1.165, 1.54) is 0 Å². The fourth-order valence-corrected chi connectivity index (χ4v) is 3.12. The molecule has 1 atom stereocenters. The molecule has 0 bridgehead atoms. The Hall–Kier alpha value is -2.07. The van der Waals surface area contributed by atoms with Gasteiger partial charge in [-0.1, -0.05) is 24.3 Å². The van der Waals surface area contributed by atoms with Crippen LogP contribution in [0, 0.1) is 0 Å². The highest BCUT2D eigenvalue weighted by Gasteiger charge is 2.22. The third-order valence-electron chi connectivity index (χ3n) is 4.33. The van der Waals surface area contributed by atoms with E-state index in [2.05, 4.69) is 11.1 Å². The fraction of sp³-hybridized carbons (Fsp3) is 0.389. The number of allylic oxidation sites excluding steroid dienone is 4. The van der Waals surface area contributed by atoms with E-state index in [0.29, 0.717) is 6.54 Å². The number of rotatable bonds is 4. The van der Waals surface area contributed by atoms with Gasteiger partial charge in [0.05, 0.1) is 13.2 Å². The Morgan fingerprint density at radius 1 is 1.32 bits per heavy atom. The van der Waals surface area contributed by atoms with Crippen LogP contribution in [0.5, 0.6) is 5.75 Å². The molecule has 0 amide bonds. The van der Waals surface area contributed by atoms with Crippen molar-refractivity contribution in [1.82, 2.24) is 0 Å². The van der Waals surface area contributed by atoms with Crippen LogP contribution in [0.1, 0.15) is 36.8 Å². The average molecular weight is 298 g/mol. The molecular weight excluding hydrogens is 276 g/mol. The Balaban J connectivity index is 2.03. The van der Waals surface area contributed by atoms with Crippen LogP contribution >= 0.6 is 0 Å². The van der Waals surface area contributed by atoms with Gasteiger partial charge in [0.25, 0.3) is 0 Å². The fourth-order valence-electron chi connectivity index (χ4n) is 3.12. The molecule has 0 radical (unpaired) electrons. The summed E-state index contributed by atoms with van der Waals surface area (Å²) in [4.78, 5) is 4.63. The molecule has 4 heteroatoms. The average Bonchev–Trinajstić information content (AvgIpc) is 3.04. The Morgan fingerprint density at radius 2 is 2.14 bits per heavy atom. The molecule has 1 unspecified atom stereocenters. The van der Waals surface area contributed by atoms with E-state index >= 15 is 0 Å². The number of hydrogen-bond donors (Lipinski definition) is 2. The first-order valence-electron chi connectivity index (χ1n) is 7.77. The largest absolute Gasteiger partial charge is 0.507 e. The first kappa shape index (κ1) is 14.9. The van der Waals surface area contributed by atoms with Crippen LogP contribution in [0.2, 0.25) is 0 Å². The van der Waals surface area contributed by atoms with Crippen LogP contribution in [0.3, 0.4) is 0 Å². The molecule has 1 aromatic carbocycles. The van der Waals surface area contributed by atoms with Crippen LogP contribution in [0.4, 0.5) is 0 Å². The van der Waals surface area contributed by atoms with Gasteiger partial charge in [-0.15, -0.1) is 0 Å². The van der Waals surface area contributed by atoms with Crippen LogP contribution < -0.4 is 5.73 Å². The lowest BCUT2D eigenvalue weighted by molar-refractivity contribution is 0.279. The predicted molar refractivity (Wildman–Crippen MR) is 89.0 cm³/mol. The van der Waals surface area contributed by atoms with Crippen molar-refractivity contribution in [3.63, 3.8) is 0 Å². The van der Waals surface area contributed by atoms with Crippen molar-refractivity contribution in [2.24, 2.45) is 10.7 Å². The minimum absolute atomic E-state index is 0.182. The van der Waals surface area contributed by atoms with Crippen molar-refractivity contribution in [2.75, 3.05) is 13.7 Å². The molecule has 0 fully saturated rings. The lowest BCUT2D eigenvalue weighted by Gasteiger charge is -2.17. The quantitative estimate of drug-likeness (QED) is 0.898. The molecule has 3 N–H and O–H groups in total. The summed E-state index contributed by atoms with van der Waals surface area (Å²) in [7, 11) is 1.68. The zero-order chi connectivity index (χ0) is 15.5. The molecule has 1 aromatic rings. The van der Waals surface area contributed by atoms with E-state index in [1.807, 2.05) is 24.3 Å². The molecule has 0 spiro atoms. The van der Waals surface area contributed by atoms with Crippen molar-refractivity contribution in [3.8, 4) is 5.75 Å². The van der Waals surface area contributed by atoms with E-state index in [0.717, 1.165) is 53.9 Å². The standard InChI is InChI=1S/C18H22N2O2/c1-22-17-8-3-2-5-13(17)14-6-4-7-15(18(14)21)16-10-9-12(11-19)20-16/h2,4-7,12,21H,3,8-11,19H2,1H3. The second-order valence-corrected chi connectivity index (χ2v) is 5.69. The van der Waals surface area contributed by atoms with Gasteiger partial charge in [-0.05, 0) is 25.3 Å². The van der Waals surface area contributed by atoms with Gasteiger partial charge in [-0.3, -0.25) is 4.99 Å². The molecule has 0 saturated carbocycles. The Kier molecular flexibility index (Phi) is 4.29. The Morgan fingerprint density at radius 3 is 2.86 bits per heavy atom. The number of methoxy groups -OCH3 is 1. The van der Waals surface area contributed by atoms with Crippen LogP contribution in [0.15, 0.2) is 41.1 Å². The number of aliphatic imine (C=N–C) groups is 1. The first-order valence-corrected chi connectivity index (χ1v) is 7.77. The highest BCUT2D eigenvalue weighted by Crippen LogP contribution is 2.36. The molecule has 1 heterocycles. The van der Waals surface area contributed by atoms with Gasteiger partial charge >= 0.3 is 0 Å². The molecule has 1 aliphatic carbocycles. The predicted octanol–water partition coefficient (Wildman–Crippen LogP) is 3.01. The summed E-state index contributed by atoms with van der Waals surface area (Å²) in [6.45, 7) is 0.561. The smallest absolute Gasteiger partial charge is 0.132 e. The maximum atomic E-state index is 10.7. The number of benzene rings is 1. The van der Waals surface area contributed by atoms with Crippen LogP contribution in [-0.4, -0.2) is 30.5 Å².